The van der Waals surface area contributed by atoms with Crippen LogP contribution in [0.1, 0.15) is 18.3 Å². The molecule has 18 heavy (non-hydrogen) atoms. The summed E-state index contributed by atoms with van der Waals surface area (Å²) in [6.45, 7) is 4.06. The van der Waals surface area contributed by atoms with Crippen LogP contribution in [0.3, 0.4) is 0 Å². The van der Waals surface area contributed by atoms with Crippen LogP contribution in [0.4, 0.5) is 17.3 Å². The third-order valence-electron chi connectivity index (χ3n) is 2.64. The predicted molar refractivity (Wildman–Crippen MR) is 73.7 cm³/mol. The van der Waals surface area contributed by atoms with Gasteiger partial charge in [-0.3, -0.25) is 0 Å². The highest BCUT2D eigenvalue weighted by Gasteiger charge is 2.04. The van der Waals surface area contributed by atoms with Gasteiger partial charge in [0.15, 0.2) is 0 Å². The van der Waals surface area contributed by atoms with Crippen molar-refractivity contribution in [3.05, 3.63) is 41.7 Å². The van der Waals surface area contributed by atoms with E-state index in [4.69, 9.17) is 5.84 Å². The minimum Gasteiger partial charge on any atom is -0.340 e. The monoisotopic (exact) mass is 243 g/mol. The Balaban J connectivity index is 2.31. The van der Waals surface area contributed by atoms with Gasteiger partial charge in [0.1, 0.15) is 17.5 Å². The van der Waals surface area contributed by atoms with Gasteiger partial charge in [-0.1, -0.05) is 25.1 Å². The molecule has 1 heterocycles. The number of nitrogens with zero attached hydrogens (tertiary/aromatic N) is 2. The number of anilines is 3. The Morgan fingerprint density at radius 1 is 1.17 bits per heavy atom. The smallest absolute Gasteiger partial charge is 0.145 e. The van der Waals surface area contributed by atoms with Crippen molar-refractivity contribution in [2.75, 3.05) is 10.7 Å². The summed E-state index contributed by atoms with van der Waals surface area (Å²) in [6, 6.07) is 9.83. The van der Waals surface area contributed by atoms with E-state index in [1.807, 2.05) is 38.1 Å². The van der Waals surface area contributed by atoms with Crippen LogP contribution in [-0.2, 0) is 6.42 Å². The Bertz CT molecular complexity index is 516. The van der Waals surface area contributed by atoms with Crippen molar-refractivity contribution in [1.29, 1.82) is 0 Å². The van der Waals surface area contributed by atoms with Crippen molar-refractivity contribution in [3.63, 3.8) is 0 Å². The molecule has 5 heteroatoms. The molecule has 0 radical (unpaired) electrons. The van der Waals surface area contributed by atoms with E-state index in [2.05, 4.69) is 20.7 Å². The van der Waals surface area contributed by atoms with Crippen LogP contribution >= 0.6 is 0 Å². The van der Waals surface area contributed by atoms with E-state index in [9.17, 15) is 0 Å². The van der Waals surface area contributed by atoms with E-state index in [0.29, 0.717) is 5.82 Å². The average molecular weight is 243 g/mol. The van der Waals surface area contributed by atoms with Crippen molar-refractivity contribution < 1.29 is 0 Å². The summed E-state index contributed by atoms with van der Waals surface area (Å²) in [5.74, 6) is 7.50. The van der Waals surface area contributed by atoms with Gasteiger partial charge < -0.3 is 10.7 Å². The van der Waals surface area contributed by atoms with Gasteiger partial charge >= 0.3 is 0 Å². The van der Waals surface area contributed by atoms with Crippen LogP contribution in [0.25, 0.3) is 0 Å². The fraction of sp³-hybridized carbons (Fsp3) is 0.231. The van der Waals surface area contributed by atoms with Crippen LogP contribution in [0.5, 0.6) is 0 Å². The van der Waals surface area contributed by atoms with Gasteiger partial charge in [0.05, 0.1) is 0 Å². The number of hydrogen-bond donors (Lipinski definition) is 3. The number of rotatable bonds is 4. The summed E-state index contributed by atoms with van der Waals surface area (Å²) < 4.78 is 0. The van der Waals surface area contributed by atoms with Gasteiger partial charge in [0, 0.05) is 18.2 Å². The number of nitrogens with two attached hydrogens (primary N) is 1. The van der Waals surface area contributed by atoms with Crippen molar-refractivity contribution in [2.24, 2.45) is 5.84 Å². The van der Waals surface area contributed by atoms with E-state index in [0.717, 1.165) is 29.3 Å². The second-order valence-electron chi connectivity index (χ2n) is 3.99. The molecule has 0 fully saturated rings. The second kappa shape index (κ2) is 5.46. The first-order valence-electron chi connectivity index (χ1n) is 5.90. The highest BCUT2D eigenvalue weighted by molar-refractivity contribution is 5.62. The van der Waals surface area contributed by atoms with E-state index in [1.54, 1.807) is 6.07 Å². The van der Waals surface area contributed by atoms with Gasteiger partial charge in [-0.05, 0) is 18.6 Å². The third-order valence-corrected chi connectivity index (χ3v) is 2.64. The lowest BCUT2D eigenvalue weighted by Gasteiger charge is -2.10. The van der Waals surface area contributed by atoms with Crippen molar-refractivity contribution in [1.82, 2.24) is 9.97 Å². The molecule has 0 unspecified atom stereocenters. The van der Waals surface area contributed by atoms with E-state index < -0.39 is 0 Å². The molecule has 0 spiro atoms. The largest absolute Gasteiger partial charge is 0.340 e. The number of para-hydroxylation sites is 1. The summed E-state index contributed by atoms with van der Waals surface area (Å²) in [4.78, 5) is 8.67. The molecule has 0 atom stereocenters. The Morgan fingerprint density at radius 3 is 2.56 bits per heavy atom. The van der Waals surface area contributed by atoms with E-state index in [1.165, 1.54) is 0 Å². The normalized spacial score (nSPS) is 10.2. The summed E-state index contributed by atoms with van der Waals surface area (Å²) in [6.07, 6.45) is 0.762. The predicted octanol–water partition coefficient (Wildman–Crippen LogP) is 2.38. The highest BCUT2D eigenvalue weighted by Crippen LogP contribution is 2.20. The molecular formula is C13H17N5. The molecule has 1 aromatic heterocycles. The van der Waals surface area contributed by atoms with Crippen LogP contribution in [-0.4, -0.2) is 9.97 Å². The standard InChI is InChI=1S/C13H17N5/c1-3-11-16-12(8-13(17-11)18-14)15-10-7-5-4-6-9(10)2/h4-8H,3,14H2,1-2H3,(H2,15,16,17,18). The summed E-state index contributed by atoms with van der Waals surface area (Å²) in [5, 5.41) is 3.27. The molecular weight excluding hydrogens is 226 g/mol. The second-order valence-corrected chi connectivity index (χ2v) is 3.99. The van der Waals surface area contributed by atoms with Crippen molar-refractivity contribution >= 4 is 17.3 Å². The van der Waals surface area contributed by atoms with E-state index >= 15 is 0 Å². The number of hydrazine groups is 1. The van der Waals surface area contributed by atoms with Crippen molar-refractivity contribution in [3.8, 4) is 0 Å². The minimum absolute atomic E-state index is 0.609. The molecule has 2 aromatic rings. The maximum absolute atomic E-state index is 5.40. The topological polar surface area (TPSA) is 75.9 Å². The number of nitrogen functional groups attached to an aromatic ring is 1. The molecule has 2 rings (SSSR count). The minimum atomic E-state index is 0.609. The lowest BCUT2D eigenvalue weighted by atomic mass is 10.2. The molecule has 94 valence electrons. The Kier molecular flexibility index (Phi) is 3.74. The number of nitrogens with one attached hydrogen (secondary N) is 2. The molecule has 0 saturated carbocycles. The molecule has 0 aliphatic heterocycles. The maximum Gasteiger partial charge on any atom is 0.145 e. The Hall–Kier alpha value is -2.14. The SMILES string of the molecule is CCc1nc(NN)cc(Nc2ccccc2C)n1. The Morgan fingerprint density at radius 2 is 1.89 bits per heavy atom. The quantitative estimate of drug-likeness (QED) is 0.568. The van der Waals surface area contributed by atoms with Crippen LogP contribution < -0.4 is 16.6 Å². The number of aryl methyl sites for hydroxylation is 2. The molecule has 4 N–H and O–H groups in total. The number of aromatic nitrogens is 2. The average Bonchev–Trinajstić information content (AvgIpc) is 2.41. The first-order valence-corrected chi connectivity index (χ1v) is 5.90. The lowest BCUT2D eigenvalue weighted by molar-refractivity contribution is 0.941. The van der Waals surface area contributed by atoms with Crippen LogP contribution in [0.2, 0.25) is 0 Å². The summed E-state index contributed by atoms with van der Waals surface area (Å²) in [5.41, 5.74) is 4.74. The highest BCUT2D eigenvalue weighted by atomic mass is 15.3. The summed E-state index contributed by atoms with van der Waals surface area (Å²) in [7, 11) is 0. The molecule has 1 aromatic carbocycles. The van der Waals surface area contributed by atoms with Crippen molar-refractivity contribution in [2.45, 2.75) is 20.3 Å². The fourth-order valence-electron chi connectivity index (χ4n) is 1.64. The first kappa shape index (κ1) is 12.3. The molecule has 0 saturated heterocycles. The zero-order valence-electron chi connectivity index (χ0n) is 10.6. The van der Waals surface area contributed by atoms with E-state index in [-0.39, 0.29) is 0 Å². The number of hydrogen-bond acceptors (Lipinski definition) is 5. The zero-order chi connectivity index (χ0) is 13.0. The lowest BCUT2D eigenvalue weighted by Crippen LogP contribution is -2.11. The summed E-state index contributed by atoms with van der Waals surface area (Å²) >= 11 is 0. The molecule has 0 aliphatic rings. The molecule has 0 aliphatic carbocycles. The maximum atomic E-state index is 5.40. The molecule has 5 nitrogen and oxygen atoms in total. The van der Waals surface area contributed by atoms with Gasteiger partial charge in [-0.25, -0.2) is 15.8 Å². The van der Waals surface area contributed by atoms with Gasteiger partial charge in [0.2, 0.25) is 0 Å². The van der Waals surface area contributed by atoms with Gasteiger partial charge in [0.25, 0.3) is 0 Å². The first-order chi connectivity index (χ1) is 8.72. The Labute approximate surface area is 106 Å². The molecule has 0 bridgehead atoms. The van der Waals surface area contributed by atoms with Crippen LogP contribution in [0, 0.1) is 6.92 Å². The van der Waals surface area contributed by atoms with Gasteiger partial charge in [-0.15, -0.1) is 0 Å². The fourth-order valence-corrected chi connectivity index (χ4v) is 1.64. The number of benzene rings is 1. The zero-order valence-corrected chi connectivity index (χ0v) is 10.6. The van der Waals surface area contributed by atoms with Gasteiger partial charge in [-0.2, -0.15) is 0 Å². The molecule has 0 amide bonds. The van der Waals surface area contributed by atoms with Crippen LogP contribution in [0.15, 0.2) is 30.3 Å². The third kappa shape index (κ3) is 2.75.